The van der Waals surface area contributed by atoms with Crippen LogP contribution in [0.5, 0.6) is 0 Å². The molecular weight excluding hydrogens is 845 g/mol. The fourth-order valence-corrected chi connectivity index (χ4v) is 10.8. The van der Waals surface area contributed by atoms with Crippen LogP contribution in [0.25, 0.3) is 66.1 Å². The summed E-state index contributed by atoms with van der Waals surface area (Å²) < 4.78 is 4.41. The first kappa shape index (κ1) is 40.1. The lowest BCUT2D eigenvalue weighted by Gasteiger charge is -2.15. The molecule has 1 aliphatic rings. The number of ketones is 3. The largest absolute Gasteiger partial charge is 0.309 e. The van der Waals surface area contributed by atoms with E-state index in [4.69, 9.17) is 0 Å². The molecule has 0 fully saturated rings. The van der Waals surface area contributed by atoms with Gasteiger partial charge < -0.3 is 9.13 Å². The van der Waals surface area contributed by atoms with Crippen molar-refractivity contribution in [3.8, 4) is 22.5 Å². The highest BCUT2D eigenvalue weighted by Gasteiger charge is 2.30. The van der Waals surface area contributed by atoms with E-state index in [1.54, 1.807) is 18.2 Å². The second-order valence-corrected chi connectivity index (χ2v) is 17.8. The molecule has 5 heteroatoms. The number of nitrogens with zero attached hydrogens (tertiary/aromatic N) is 2. The summed E-state index contributed by atoms with van der Waals surface area (Å²) in [4.78, 5) is 43.9. The number of aromatic nitrogens is 2. The van der Waals surface area contributed by atoms with Gasteiger partial charge in [0.1, 0.15) is 0 Å². The van der Waals surface area contributed by atoms with Crippen LogP contribution >= 0.6 is 0 Å². The van der Waals surface area contributed by atoms with E-state index in [1.165, 1.54) is 22.3 Å². The zero-order chi connectivity index (χ0) is 46.2. The molecule has 0 radical (unpaired) electrons. The van der Waals surface area contributed by atoms with Crippen LogP contribution in [-0.2, 0) is 0 Å². The number of carbonyl (C=O) groups excluding carboxylic acids is 3. The summed E-state index contributed by atoms with van der Waals surface area (Å²) >= 11 is 0. The average Bonchev–Trinajstić information content (AvgIpc) is 4.06. The van der Waals surface area contributed by atoms with E-state index < -0.39 is 0 Å². The summed E-state index contributed by atoms with van der Waals surface area (Å²) in [7, 11) is 0. The standard InChI is InChI=1S/C64H40N2O3/c67-62(41-27-25-40(26-28-41)61-55-19-3-1-13-49(55)50-14-2-4-20-56(50)61)44-37-45(63(68)42-29-33-47(34-30-42)65-57-21-9-5-15-51(57)52-16-6-10-22-58(52)65)39-46(38-44)64(69)43-31-35-48(36-32-43)66-59-23-11-7-17-53(59)54-18-8-12-24-60(54)66/h1-39,61H. The first-order chi connectivity index (χ1) is 34.0. The smallest absolute Gasteiger partial charge is 0.193 e. The molecule has 2 aromatic heterocycles. The van der Waals surface area contributed by atoms with Crippen LogP contribution in [0, 0.1) is 0 Å². The van der Waals surface area contributed by atoms with Crippen molar-refractivity contribution in [3.05, 3.63) is 287 Å². The van der Waals surface area contributed by atoms with Gasteiger partial charge in [0.2, 0.25) is 0 Å². The van der Waals surface area contributed by atoms with Gasteiger partial charge >= 0.3 is 0 Å². The van der Waals surface area contributed by atoms with E-state index in [9.17, 15) is 14.4 Å². The molecule has 1 aliphatic carbocycles. The highest BCUT2D eigenvalue weighted by atomic mass is 16.1. The number of rotatable bonds is 9. The third kappa shape index (κ3) is 6.51. The minimum absolute atomic E-state index is 0.0365. The Balaban J connectivity index is 0.870. The Kier molecular flexibility index (Phi) is 9.31. The van der Waals surface area contributed by atoms with Crippen molar-refractivity contribution in [2.75, 3.05) is 0 Å². The molecule has 0 spiro atoms. The Morgan fingerprint density at radius 3 is 0.928 bits per heavy atom. The van der Waals surface area contributed by atoms with Gasteiger partial charge in [-0.1, -0.05) is 146 Å². The van der Waals surface area contributed by atoms with E-state index in [-0.39, 0.29) is 40.0 Å². The van der Waals surface area contributed by atoms with E-state index in [2.05, 4.69) is 106 Å². The maximum atomic E-state index is 14.7. The lowest BCUT2D eigenvalue weighted by atomic mass is 9.88. The SMILES string of the molecule is O=C(c1ccc(C2c3ccccc3-c3ccccc32)cc1)c1cc(C(=O)c2ccc(-n3c4ccccc4c4ccccc43)cc2)cc(C(=O)c2ccc(-n3c4ccccc4c4ccccc43)cc2)c1. The van der Waals surface area contributed by atoms with Gasteiger partial charge in [-0.3, -0.25) is 14.4 Å². The molecule has 13 rings (SSSR count). The predicted octanol–water partition coefficient (Wildman–Crippen LogP) is 14.7. The minimum Gasteiger partial charge on any atom is -0.309 e. The van der Waals surface area contributed by atoms with Crippen molar-refractivity contribution in [2.24, 2.45) is 0 Å². The molecule has 0 saturated carbocycles. The van der Waals surface area contributed by atoms with Crippen molar-refractivity contribution in [2.45, 2.75) is 5.92 Å². The molecule has 10 aromatic carbocycles. The van der Waals surface area contributed by atoms with Gasteiger partial charge in [-0.25, -0.2) is 0 Å². The fraction of sp³-hybridized carbons (Fsp3) is 0.0156. The third-order valence-corrected chi connectivity index (χ3v) is 14.0. The Morgan fingerprint density at radius 2 is 0.580 bits per heavy atom. The van der Waals surface area contributed by atoms with Crippen LogP contribution in [-0.4, -0.2) is 26.5 Å². The van der Waals surface area contributed by atoms with Gasteiger partial charge in [0.25, 0.3) is 0 Å². The average molecular weight is 885 g/mol. The molecule has 0 unspecified atom stereocenters. The second kappa shape index (κ2) is 16.0. The summed E-state index contributed by atoms with van der Waals surface area (Å²) in [5.74, 6) is -0.818. The summed E-state index contributed by atoms with van der Waals surface area (Å²) in [5.41, 5.74) is 14.2. The Hall–Kier alpha value is -9.19. The van der Waals surface area contributed by atoms with E-state index in [0.29, 0.717) is 16.7 Å². The van der Waals surface area contributed by atoms with Crippen molar-refractivity contribution in [3.63, 3.8) is 0 Å². The number of hydrogen-bond donors (Lipinski definition) is 0. The first-order valence-electron chi connectivity index (χ1n) is 23.2. The maximum Gasteiger partial charge on any atom is 0.193 e. The number of hydrogen-bond acceptors (Lipinski definition) is 3. The van der Waals surface area contributed by atoms with Crippen molar-refractivity contribution < 1.29 is 14.4 Å². The first-order valence-corrected chi connectivity index (χ1v) is 23.2. The Labute approximate surface area is 397 Å². The third-order valence-electron chi connectivity index (χ3n) is 14.0. The van der Waals surface area contributed by atoms with Gasteiger partial charge in [-0.15, -0.1) is 0 Å². The molecule has 324 valence electrons. The van der Waals surface area contributed by atoms with Gasteiger partial charge in [0.05, 0.1) is 22.1 Å². The van der Waals surface area contributed by atoms with Gasteiger partial charge in [-0.05, 0) is 119 Å². The lowest BCUT2D eigenvalue weighted by molar-refractivity contribution is 0.103. The highest BCUT2D eigenvalue weighted by molar-refractivity contribution is 6.17. The molecule has 5 nitrogen and oxygen atoms in total. The summed E-state index contributed by atoms with van der Waals surface area (Å²) in [6, 6.07) is 78.0. The fourth-order valence-electron chi connectivity index (χ4n) is 10.8. The van der Waals surface area contributed by atoms with Crippen molar-refractivity contribution in [1.29, 1.82) is 0 Å². The number of benzene rings is 10. The summed E-state index contributed by atoms with van der Waals surface area (Å²) in [5, 5.41) is 4.60. The molecular formula is C64H40N2O3. The monoisotopic (exact) mass is 884 g/mol. The number of fused-ring (bicyclic) bond motifs is 9. The van der Waals surface area contributed by atoms with Crippen LogP contribution in [0.1, 0.15) is 70.4 Å². The molecule has 12 aromatic rings. The number of carbonyl (C=O) groups is 3. The quantitative estimate of drug-likeness (QED) is 0.136. The van der Waals surface area contributed by atoms with E-state index in [1.807, 2.05) is 121 Å². The molecule has 0 atom stereocenters. The van der Waals surface area contributed by atoms with Crippen LogP contribution in [0.3, 0.4) is 0 Å². The van der Waals surface area contributed by atoms with Gasteiger partial charge in [0, 0.05) is 72.2 Å². The topological polar surface area (TPSA) is 61.1 Å². The van der Waals surface area contributed by atoms with Crippen LogP contribution in [0.4, 0.5) is 0 Å². The normalized spacial score (nSPS) is 12.2. The minimum atomic E-state index is -0.289. The number of para-hydroxylation sites is 4. The second-order valence-electron chi connectivity index (χ2n) is 17.8. The molecule has 69 heavy (non-hydrogen) atoms. The summed E-state index contributed by atoms with van der Waals surface area (Å²) in [6.45, 7) is 0. The van der Waals surface area contributed by atoms with Crippen LogP contribution < -0.4 is 0 Å². The molecule has 0 N–H and O–H groups in total. The molecule has 0 bridgehead atoms. The van der Waals surface area contributed by atoms with Crippen LogP contribution in [0.2, 0.25) is 0 Å². The summed E-state index contributed by atoms with van der Waals surface area (Å²) in [6.07, 6.45) is 0. The van der Waals surface area contributed by atoms with Crippen molar-refractivity contribution >= 4 is 61.0 Å². The molecule has 0 amide bonds. The van der Waals surface area contributed by atoms with Gasteiger partial charge in [-0.2, -0.15) is 0 Å². The zero-order valence-corrected chi connectivity index (χ0v) is 37.2. The van der Waals surface area contributed by atoms with Gasteiger partial charge in [0.15, 0.2) is 17.3 Å². The molecule has 0 aliphatic heterocycles. The molecule has 2 heterocycles. The van der Waals surface area contributed by atoms with Crippen LogP contribution in [0.15, 0.2) is 237 Å². The highest BCUT2D eigenvalue weighted by Crippen LogP contribution is 2.48. The Morgan fingerprint density at radius 1 is 0.290 bits per heavy atom. The maximum absolute atomic E-state index is 14.7. The van der Waals surface area contributed by atoms with Crippen molar-refractivity contribution in [1.82, 2.24) is 9.13 Å². The van der Waals surface area contributed by atoms with E-state index in [0.717, 1.165) is 60.5 Å². The predicted molar refractivity (Wildman–Crippen MR) is 278 cm³/mol. The molecule has 0 saturated heterocycles. The lowest BCUT2D eigenvalue weighted by Crippen LogP contribution is -2.11. The van der Waals surface area contributed by atoms with E-state index >= 15 is 0 Å². The zero-order valence-electron chi connectivity index (χ0n) is 37.2. The Bertz CT molecular complexity index is 3720.